The minimum atomic E-state index is 0. The number of aromatic nitrogens is 9. The normalized spacial score (nSPS) is 10.6. The molecular formula is C39H30IrN9. The quantitative estimate of drug-likeness (QED) is 0.171. The third kappa shape index (κ3) is 7.84. The molecule has 0 bridgehead atoms. The molecule has 10 heteroatoms. The molecule has 0 N–H and O–H groups in total. The van der Waals surface area contributed by atoms with E-state index in [2.05, 4.69) is 106 Å². The third-order valence-electron chi connectivity index (χ3n) is 7.47. The van der Waals surface area contributed by atoms with Crippen LogP contribution >= 0.6 is 0 Å². The van der Waals surface area contributed by atoms with E-state index >= 15 is 0 Å². The van der Waals surface area contributed by atoms with Gasteiger partial charge in [-0.1, -0.05) is 53.1 Å². The molecule has 6 aromatic carbocycles. The van der Waals surface area contributed by atoms with E-state index in [1.807, 2.05) is 91.0 Å². The number of hydrogen-bond acceptors (Lipinski definition) is 6. The van der Waals surface area contributed by atoms with Gasteiger partial charge in [-0.2, -0.15) is 66.1 Å². The molecule has 0 fully saturated rings. The first kappa shape index (κ1) is 33.1. The van der Waals surface area contributed by atoms with Crippen molar-refractivity contribution in [3.05, 3.63) is 162 Å². The van der Waals surface area contributed by atoms with Crippen LogP contribution in [-0.4, -0.2) is 45.0 Å². The first-order chi connectivity index (χ1) is 23.5. The predicted octanol–water partition coefficient (Wildman–Crippen LogP) is 7.58. The molecule has 0 saturated heterocycles. The zero-order valence-corrected chi connectivity index (χ0v) is 29.4. The maximum absolute atomic E-state index is 4.40. The zero-order valence-electron chi connectivity index (χ0n) is 27.0. The molecule has 0 spiro atoms. The zero-order chi connectivity index (χ0) is 32.9. The van der Waals surface area contributed by atoms with Crippen LogP contribution in [-0.2, 0) is 20.1 Å². The molecule has 0 atom stereocenters. The average molecular weight is 817 g/mol. The Kier molecular flexibility index (Phi) is 10.1. The van der Waals surface area contributed by atoms with Crippen molar-refractivity contribution in [3.63, 3.8) is 0 Å². The minimum Gasteiger partial charge on any atom is -0.215 e. The first-order valence-corrected chi connectivity index (χ1v) is 15.4. The van der Waals surface area contributed by atoms with Gasteiger partial charge in [-0.25, -0.2) is 15.3 Å². The fourth-order valence-electron chi connectivity index (χ4n) is 4.79. The smallest absolute Gasteiger partial charge is 0.215 e. The van der Waals surface area contributed by atoms with Crippen LogP contribution in [0.4, 0.5) is 0 Å². The number of rotatable bonds is 3. The Labute approximate surface area is 297 Å². The Bertz CT molecular complexity index is 2050. The molecule has 0 saturated carbocycles. The molecule has 0 radical (unpaired) electrons. The third-order valence-corrected chi connectivity index (χ3v) is 7.47. The molecule has 9 rings (SSSR count). The van der Waals surface area contributed by atoms with Gasteiger partial charge in [-0.3, -0.25) is 0 Å². The summed E-state index contributed by atoms with van der Waals surface area (Å²) in [4.78, 5) is 4.95. The first-order valence-electron chi connectivity index (χ1n) is 15.4. The van der Waals surface area contributed by atoms with E-state index < -0.39 is 0 Å². The number of nitrogens with zero attached hydrogens (tertiary/aromatic N) is 9. The Morgan fingerprint density at radius 3 is 0.837 bits per heavy atom. The summed E-state index contributed by atoms with van der Waals surface area (Å²) in [6, 6.07) is 50.1. The monoisotopic (exact) mass is 817 g/mol. The fourth-order valence-corrected chi connectivity index (χ4v) is 4.79. The number of aryl methyl sites for hydroxylation is 3. The molecule has 49 heavy (non-hydrogen) atoms. The van der Waals surface area contributed by atoms with Gasteiger partial charge in [0.05, 0.1) is 17.1 Å². The molecule has 3 aromatic heterocycles. The Morgan fingerprint density at radius 2 is 0.592 bits per heavy atom. The molecular weight excluding hydrogens is 787 g/mol. The van der Waals surface area contributed by atoms with E-state index in [1.54, 1.807) is 14.4 Å². The molecule has 0 amide bonds. The Balaban J connectivity index is 0.000000126. The van der Waals surface area contributed by atoms with Gasteiger partial charge >= 0.3 is 20.1 Å². The summed E-state index contributed by atoms with van der Waals surface area (Å²) >= 11 is 0. The van der Waals surface area contributed by atoms with Crippen LogP contribution in [0, 0.1) is 39.0 Å². The van der Waals surface area contributed by atoms with Crippen LogP contribution in [0.5, 0.6) is 0 Å². The number of benzene rings is 6. The van der Waals surface area contributed by atoms with Gasteiger partial charge in [0.1, 0.15) is 0 Å². The number of fused-ring (bicyclic) bond motifs is 3. The second-order valence-corrected chi connectivity index (χ2v) is 11.2. The van der Waals surface area contributed by atoms with Crippen molar-refractivity contribution in [1.82, 2.24) is 45.0 Å². The summed E-state index contributed by atoms with van der Waals surface area (Å²) in [6.07, 6.45) is 0. The summed E-state index contributed by atoms with van der Waals surface area (Å²) in [6.45, 7) is 6.18. The van der Waals surface area contributed by atoms with Gasteiger partial charge in [0.2, 0.25) is 0 Å². The molecule has 0 unspecified atom stereocenters. The molecule has 9 nitrogen and oxygen atoms in total. The van der Waals surface area contributed by atoms with E-state index in [4.69, 9.17) is 0 Å². The predicted molar refractivity (Wildman–Crippen MR) is 187 cm³/mol. The second kappa shape index (κ2) is 14.9. The van der Waals surface area contributed by atoms with Crippen molar-refractivity contribution in [2.45, 2.75) is 20.8 Å². The van der Waals surface area contributed by atoms with Crippen LogP contribution in [0.15, 0.2) is 127 Å². The van der Waals surface area contributed by atoms with Gasteiger partial charge in [0.25, 0.3) is 0 Å². The SMILES string of the molecule is Cc1ccc(-n2nc3c[c-]ccc3n2)cc1.Cc1ccc(-n2nc3c[c-]ccc3n2)cc1.Cc1ccc(-n2nc3c[c-]ccc3n2)cc1.[Ir+3]. The van der Waals surface area contributed by atoms with Crippen LogP contribution in [0.25, 0.3) is 50.2 Å². The minimum absolute atomic E-state index is 0. The van der Waals surface area contributed by atoms with Crippen LogP contribution < -0.4 is 0 Å². The second-order valence-electron chi connectivity index (χ2n) is 11.2. The molecule has 0 aliphatic carbocycles. The van der Waals surface area contributed by atoms with Crippen LogP contribution in [0.1, 0.15) is 16.7 Å². The van der Waals surface area contributed by atoms with Crippen molar-refractivity contribution >= 4 is 33.1 Å². The van der Waals surface area contributed by atoms with Crippen molar-refractivity contribution < 1.29 is 20.1 Å². The Morgan fingerprint density at radius 1 is 0.347 bits per heavy atom. The molecule has 0 aliphatic heterocycles. The van der Waals surface area contributed by atoms with Crippen LogP contribution in [0.2, 0.25) is 0 Å². The van der Waals surface area contributed by atoms with Gasteiger partial charge in [0.15, 0.2) is 0 Å². The van der Waals surface area contributed by atoms with Crippen molar-refractivity contribution in [3.8, 4) is 17.1 Å². The van der Waals surface area contributed by atoms with E-state index in [1.165, 1.54) is 16.7 Å². The largest absolute Gasteiger partial charge is 3.00 e. The number of hydrogen-bond donors (Lipinski definition) is 0. The summed E-state index contributed by atoms with van der Waals surface area (Å²) < 4.78 is 0. The summed E-state index contributed by atoms with van der Waals surface area (Å²) in [5.41, 5.74) is 11.9. The summed E-state index contributed by atoms with van der Waals surface area (Å²) in [5, 5.41) is 26.4. The van der Waals surface area contributed by atoms with E-state index in [0.717, 1.165) is 50.2 Å². The van der Waals surface area contributed by atoms with Crippen molar-refractivity contribution in [2.24, 2.45) is 0 Å². The summed E-state index contributed by atoms with van der Waals surface area (Å²) in [5.74, 6) is 0. The van der Waals surface area contributed by atoms with Gasteiger partial charge in [-0.15, -0.1) is 36.4 Å². The van der Waals surface area contributed by atoms with Crippen molar-refractivity contribution in [2.75, 3.05) is 0 Å². The average Bonchev–Trinajstić information content (AvgIpc) is 3.87. The fraction of sp³-hybridized carbons (Fsp3) is 0.0769. The van der Waals surface area contributed by atoms with E-state index in [9.17, 15) is 0 Å². The van der Waals surface area contributed by atoms with Gasteiger partial charge in [-0.05, 0) is 57.2 Å². The molecule has 9 aromatic rings. The maximum atomic E-state index is 4.40. The molecule has 3 heterocycles. The standard InChI is InChI=1S/3C13H10N3.Ir/c3*1-10-6-8-11(9-7-10)16-14-12-4-2-3-5-13(12)15-16;/h3*2,4-9H,1H3;/q3*-1;+3. The van der Waals surface area contributed by atoms with Gasteiger partial charge in [0, 0.05) is 33.1 Å². The Hall–Kier alpha value is -5.83. The van der Waals surface area contributed by atoms with E-state index in [0.29, 0.717) is 0 Å². The molecule has 240 valence electrons. The molecule has 0 aliphatic rings. The van der Waals surface area contributed by atoms with E-state index in [-0.39, 0.29) is 20.1 Å². The van der Waals surface area contributed by atoms with Crippen molar-refractivity contribution in [1.29, 1.82) is 0 Å². The topological polar surface area (TPSA) is 92.1 Å². The van der Waals surface area contributed by atoms with Gasteiger partial charge < -0.3 is 0 Å². The maximum Gasteiger partial charge on any atom is 3.00 e. The summed E-state index contributed by atoms with van der Waals surface area (Å²) in [7, 11) is 0. The van der Waals surface area contributed by atoms with Crippen LogP contribution in [0.3, 0.4) is 0 Å².